The van der Waals surface area contributed by atoms with Crippen LogP contribution in [0.15, 0.2) is 48.9 Å². The molecule has 1 amide bonds. The van der Waals surface area contributed by atoms with E-state index in [1.807, 2.05) is 23.2 Å². The Balaban J connectivity index is 1.79. The Kier molecular flexibility index (Phi) is 7.17. The van der Waals surface area contributed by atoms with Crippen molar-refractivity contribution in [3.63, 3.8) is 0 Å². The van der Waals surface area contributed by atoms with Crippen molar-refractivity contribution in [1.82, 2.24) is 19.9 Å². The minimum atomic E-state index is -0.149. The van der Waals surface area contributed by atoms with Crippen molar-refractivity contribution in [2.24, 2.45) is 0 Å². The van der Waals surface area contributed by atoms with E-state index >= 15 is 0 Å². The van der Waals surface area contributed by atoms with Gasteiger partial charge in [-0.1, -0.05) is 6.92 Å². The zero-order valence-corrected chi connectivity index (χ0v) is 19.5. The fraction of sp³-hybridized carbons (Fsp3) is 0.385. The Morgan fingerprint density at radius 3 is 2.67 bits per heavy atom. The summed E-state index contributed by atoms with van der Waals surface area (Å²) in [6.45, 7) is 2.78. The number of amides is 1. The zero-order chi connectivity index (χ0) is 23.2. The Morgan fingerprint density at radius 2 is 1.94 bits per heavy atom. The molecule has 7 nitrogen and oxygen atoms in total. The lowest BCUT2D eigenvalue weighted by atomic mass is 9.93. The van der Waals surface area contributed by atoms with Crippen LogP contribution in [0, 0.1) is 0 Å². The number of nitrogens with zero attached hydrogens (tertiary/aromatic N) is 4. The fourth-order valence-electron chi connectivity index (χ4n) is 4.38. The van der Waals surface area contributed by atoms with E-state index in [9.17, 15) is 4.79 Å². The summed E-state index contributed by atoms with van der Waals surface area (Å²) in [6, 6.07) is 9.09. The topological polar surface area (TPSA) is 77.4 Å². The van der Waals surface area contributed by atoms with E-state index in [0.29, 0.717) is 23.6 Å². The van der Waals surface area contributed by atoms with Gasteiger partial charge in [-0.3, -0.25) is 9.78 Å². The van der Waals surface area contributed by atoms with Crippen LogP contribution in [0.1, 0.15) is 60.5 Å². The molecule has 2 aromatic heterocycles. The molecule has 1 aromatic carbocycles. The largest absolute Gasteiger partial charge is 0.497 e. The van der Waals surface area contributed by atoms with Crippen LogP contribution in [-0.2, 0) is 6.42 Å². The number of benzene rings is 1. The van der Waals surface area contributed by atoms with Gasteiger partial charge in [-0.25, -0.2) is 9.97 Å². The average Bonchev–Trinajstić information content (AvgIpc) is 2.88. The van der Waals surface area contributed by atoms with Crippen molar-refractivity contribution in [1.29, 1.82) is 0 Å². The van der Waals surface area contributed by atoms with Gasteiger partial charge in [0.25, 0.3) is 5.91 Å². The molecule has 0 radical (unpaired) electrons. The Labute approximate surface area is 194 Å². The van der Waals surface area contributed by atoms with Gasteiger partial charge in [0, 0.05) is 37.1 Å². The van der Waals surface area contributed by atoms with E-state index in [0.717, 1.165) is 54.7 Å². The van der Waals surface area contributed by atoms with Crippen LogP contribution in [0.4, 0.5) is 0 Å². The minimum Gasteiger partial charge on any atom is -0.497 e. The lowest BCUT2D eigenvalue weighted by molar-refractivity contribution is 0.0602. The number of methoxy groups -OCH3 is 2. The van der Waals surface area contributed by atoms with Crippen LogP contribution in [0.2, 0.25) is 0 Å². The molecule has 33 heavy (non-hydrogen) atoms. The van der Waals surface area contributed by atoms with Crippen molar-refractivity contribution < 1.29 is 14.3 Å². The van der Waals surface area contributed by atoms with Crippen molar-refractivity contribution >= 4 is 5.91 Å². The molecule has 1 atom stereocenters. The van der Waals surface area contributed by atoms with Gasteiger partial charge in [-0.2, -0.15) is 0 Å². The van der Waals surface area contributed by atoms with E-state index in [1.54, 1.807) is 44.8 Å². The molecule has 1 aliphatic rings. The maximum absolute atomic E-state index is 13.8. The smallest absolute Gasteiger partial charge is 0.258 e. The normalized spacial score (nSPS) is 15.8. The van der Waals surface area contributed by atoms with Crippen LogP contribution in [0.3, 0.4) is 0 Å². The second-order valence-electron chi connectivity index (χ2n) is 8.15. The van der Waals surface area contributed by atoms with Crippen molar-refractivity contribution in [2.45, 2.75) is 45.1 Å². The van der Waals surface area contributed by atoms with Gasteiger partial charge in [0.05, 0.1) is 31.5 Å². The SMILES string of the molecule is CCCc1ncc(-c2ccncc2)c([C@H]2CCCCN2C(=O)c2cc(OC)ccc2OC)n1. The number of carbonyl (C=O) groups excluding carboxylic acids is 1. The summed E-state index contributed by atoms with van der Waals surface area (Å²) in [4.78, 5) is 29.5. The highest BCUT2D eigenvalue weighted by Crippen LogP contribution is 2.37. The van der Waals surface area contributed by atoms with E-state index in [2.05, 4.69) is 16.9 Å². The van der Waals surface area contributed by atoms with Gasteiger partial charge in [0.2, 0.25) is 0 Å². The molecule has 3 aromatic rings. The molecule has 3 heterocycles. The number of aromatic nitrogens is 3. The molecule has 172 valence electrons. The molecule has 0 unspecified atom stereocenters. The minimum absolute atomic E-state index is 0.0771. The molecule has 1 fully saturated rings. The lowest BCUT2D eigenvalue weighted by Gasteiger charge is -2.36. The highest BCUT2D eigenvalue weighted by molar-refractivity contribution is 5.97. The first kappa shape index (κ1) is 22.7. The standard InChI is InChI=1S/C26H30N4O3/c1-4-7-24-28-17-21(18-11-13-27-14-12-18)25(29-24)22-8-5-6-15-30(22)26(31)20-16-19(32-2)9-10-23(20)33-3/h9-14,16-17,22H,4-8,15H2,1-3H3/t22-/m1/s1. The number of hydrogen-bond acceptors (Lipinski definition) is 6. The molecular formula is C26H30N4O3. The second-order valence-corrected chi connectivity index (χ2v) is 8.15. The van der Waals surface area contributed by atoms with Crippen LogP contribution >= 0.6 is 0 Å². The Hall–Kier alpha value is -3.48. The molecule has 0 saturated carbocycles. The second kappa shape index (κ2) is 10.4. The third kappa shape index (κ3) is 4.82. The zero-order valence-electron chi connectivity index (χ0n) is 19.5. The maximum Gasteiger partial charge on any atom is 0.258 e. The van der Waals surface area contributed by atoms with Gasteiger partial charge in [0.1, 0.15) is 17.3 Å². The molecule has 0 aliphatic carbocycles. The van der Waals surface area contributed by atoms with Crippen LogP contribution in [0.25, 0.3) is 11.1 Å². The highest BCUT2D eigenvalue weighted by Gasteiger charge is 2.33. The van der Waals surface area contributed by atoms with Crippen molar-refractivity contribution in [2.75, 3.05) is 20.8 Å². The summed E-state index contributed by atoms with van der Waals surface area (Å²) in [5.41, 5.74) is 3.34. The van der Waals surface area contributed by atoms with Crippen molar-refractivity contribution in [3.05, 3.63) is 66.0 Å². The summed E-state index contributed by atoms with van der Waals surface area (Å²) in [5.74, 6) is 1.89. The summed E-state index contributed by atoms with van der Waals surface area (Å²) in [7, 11) is 3.17. The summed E-state index contributed by atoms with van der Waals surface area (Å²) < 4.78 is 10.9. The molecule has 0 spiro atoms. The quantitative estimate of drug-likeness (QED) is 0.515. The number of ether oxygens (including phenoxy) is 2. The number of piperidine rings is 1. The number of carbonyl (C=O) groups is 1. The Bertz CT molecular complexity index is 1100. The molecule has 0 N–H and O–H groups in total. The molecule has 4 rings (SSSR count). The average molecular weight is 447 g/mol. The summed E-state index contributed by atoms with van der Waals surface area (Å²) in [6.07, 6.45) is 10.0. The van der Waals surface area contributed by atoms with Crippen LogP contribution in [-0.4, -0.2) is 46.5 Å². The molecule has 0 bridgehead atoms. The van der Waals surface area contributed by atoms with Gasteiger partial charge < -0.3 is 14.4 Å². The number of likely N-dealkylation sites (tertiary alicyclic amines) is 1. The van der Waals surface area contributed by atoms with E-state index in [4.69, 9.17) is 14.5 Å². The number of pyridine rings is 1. The predicted octanol–water partition coefficient (Wildman–Crippen LogP) is 4.88. The van der Waals surface area contributed by atoms with Crippen LogP contribution < -0.4 is 9.47 Å². The molecule has 7 heteroatoms. The first-order chi connectivity index (χ1) is 16.2. The predicted molar refractivity (Wildman–Crippen MR) is 126 cm³/mol. The Morgan fingerprint density at radius 1 is 1.12 bits per heavy atom. The molecule has 1 aliphatic heterocycles. The molecular weight excluding hydrogens is 416 g/mol. The first-order valence-corrected chi connectivity index (χ1v) is 11.5. The number of hydrogen-bond donors (Lipinski definition) is 0. The monoisotopic (exact) mass is 446 g/mol. The lowest BCUT2D eigenvalue weighted by Crippen LogP contribution is -2.39. The number of aryl methyl sites for hydroxylation is 1. The highest BCUT2D eigenvalue weighted by atomic mass is 16.5. The van der Waals surface area contributed by atoms with Gasteiger partial charge in [-0.05, 0) is 61.6 Å². The van der Waals surface area contributed by atoms with Crippen molar-refractivity contribution in [3.8, 4) is 22.6 Å². The van der Waals surface area contributed by atoms with Crippen LogP contribution in [0.5, 0.6) is 11.5 Å². The van der Waals surface area contributed by atoms with E-state index in [-0.39, 0.29) is 11.9 Å². The van der Waals surface area contributed by atoms with Gasteiger partial charge in [-0.15, -0.1) is 0 Å². The summed E-state index contributed by atoms with van der Waals surface area (Å²) >= 11 is 0. The maximum atomic E-state index is 13.8. The number of rotatable bonds is 7. The summed E-state index contributed by atoms with van der Waals surface area (Å²) in [5, 5.41) is 0. The van der Waals surface area contributed by atoms with Gasteiger partial charge >= 0.3 is 0 Å². The third-order valence-electron chi connectivity index (χ3n) is 6.05. The third-order valence-corrected chi connectivity index (χ3v) is 6.05. The van der Waals surface area contributed by atoms with E-state index in [1.165, 1.54) is 0 Å². The van der Waals surface area contributed by atoms with Gasteiger partial charge in [0.15, 0.2) is 0 Å². The first-order valence-electron chi connectivity index (χ1n) is 11.5. The molecule has 1 saturated heterocycles. The fourth-order valence-corrected chi connectivity index (χ4v) is 4.38. The van der Waals surface area contributed by atoms with E-state index < -0.39 is 0 Å².